The molecule has 5 nitrogen and oxygen atoms in total. The van der Waals surface area contributed by atoms with E-state index >= 15 is 0 Å². The van der Waals surface area contributed by atoms with Crippen LogP contribution in [0.15, 0.2) is 5.38 Å². The molecule has 0 radical (unpaired) electrons. The normalized spacial score (nSPS) is 12.4. The fraction of sp³-hybridized carbons (Fsp3) is 0.500. The van der Waals surface area contributed by atoms with Crippen molar-refractivity contribution in [2.75, 3.05) is 11.9 Å². The van der Waals surface area contributed by atoms with E-state index in [1.807, 2.05) is 5.38 Å². The van der Waals surface area contributed by atoms with E-state index in [9.17, 15) is 4.79 Å². The van der Waals surface area contributed by atoms with E-state index in [2.05, 4.69) is 10.3 Å². The van der Waals surface area contributed by atoms with Crippen LogP contribution in [0, 0.1) is 0 Å². The van der Waals surface area contributed by atoms with Crippen LogP contribution in [0.1, 0.15) is 12.6 Å². The van der Waals surface area contributed by atoms with E-state index in [0.29, 0.717) is 11.7 Å². The molecule has 1 unspecified atom stereocenters. The third-order valence-electron chi connectivity index (χ3n) is 1.66. The van der Waals surface area contributed by atoms with Gasteiger partial charge in [-0.3, -0.25) is 4.79 Å². The molecule has 6 heteroatoms. The predicted molar refractivity (Wildman–Crippen MR) is 55.6 cm³/mol. The summed E-state index contributed by atoms with van der Waals surface area (Å²) < 4.78 is 0. The summed E-state index contributed by atoms with van der Waals surface area (Å²) in [6.07, 6.45) is 0.722. The fourth-order valence-corrected chi connectivity index (χ4v) is 1.72. The van der Waals surface area contributed by atoms with Gasteiger partial charge in [-0.1, -0.05) is 0 Å². The van der Waals surface area contributed by atoms with Crippen LogP contribution in [0.2, 0.25) is 0 Å². The number of nitrogens with two attached hydrogens (primary N) is 1. The lowest BCUT2D eigenvalue weighted by molar-refractivity contribution is -0.137. The van der Waals surface area contributed by atoms with Crippen molar-refractivity contribution in [2.24, 2.45) is 5.73 Å². The van der Waals surface area contributed by atoms with Crippen molar-refractivity contribution in [3.05, 3.63) is 11.1 Å². The van der Waals surface area contributed by atoms with E-state index in [1.54, 1.807) is 6.92 Å². The first-order valence-corrected chi connectivity index (χ1v) is 5.15. The summed E-state index contributed by atoms with van der Waals surface area (Å²) in [6.45, 7) is 2.13. The zero-order chi connectivity index (χ0) is 10.6. The van der Waals surface area contributed by atoms with Gasteiger partial charge < -0.3 is 16.2 Å². The first-order chi connectivity index (χ1) is 6.63. The average molecular weight is 215 g/mol. The van der Waals surface area contributed by atoms with Gasteiger partial charge in [-0.25, -0.2) is 4.98 Å². The molecule has 0 fully saturated rings. The molecule has 0 aromatic carbocycles. The number of carboxylic acids is 1. The van der Waals surface area contributed by atoms with Crippen molar-refractivity contribution in [3.63, 3.8) is 0 Å². The minimum Gasteiger partial charge on any atom is -0.480 e. The minimum absolute atomic E-state index is 0.553. The molecular weight excluding hydrogens is 202 g/mol. The number of carbonyl (C=O) groups is 1. The Morgan fingerprint density at radius 3 is 3.14 bits per heavy atom. The van der Waals surface area contributed by atoms with Crippen LogP contribution >= 0.6 is 11.3 Å². The Balaban J connectivity index is 2.55. The first-order valence-electron chi connectivity index (χ1n) is 4.27. The molecule has 78 valence electrons. The molecule has 0 aliphatic carbocycles. The predicted octanol–water partition coefficient (Wildman–Crippen LogP) is 0.529. The highest BCUT2D eigenvalue weighted by atomic mass is 32.1. The Bertz CT molecular complexity index is 313. The number of nitrogens with zero attached hydrogens (tertiary/aromatic N) is 1. The van der Waals surface area contributed by atoms with Gasteiger partial charge in [0, 0.05) is 11.8 Å². The number of hydrogen-bond acceptors (Lipinski definition) is 5. The number of aliphatic carboxylic acids is 1. The number of rotatable bonds is 5. The van der Waals surface area contributed by atoms with Crippen molar-refractivity contribution < 1.29 is 9.90 Å². The van der Waals surface area contributed by atoms with Crippen LogP contribution in [0.25, 0.3) is 0 Å². The summed E-state index contributed by atoms with van der Waals surface area (Å²) in [7, 11) is 0. The van der Waals surface area contributed by atoms with Crippen LogP contribution in [-0.2, 0) is 11.2 Å². The maximum Gasteiger partial charge on any atom is 0.325 e. The molecule has 1 heterocycles. The zero-order valence-corrected chi connectivity index (χ0v) is 8.67. The van der Waals surface area contributed by atoms with Crippen molar-refractivity contribution in [1.82, 2.24) is 4.98 Å². The van der Waals surface area contributed by atoms with Crippen molar-refractivity contribution in [2.45, 2.75) is 19.4 Å². The molecule has 0 bridgehead atoms. The van der Waals surface area contributed by atoms with E-state index < -0.39 is 12.0 Å². The van der Waals surface area contributed by atoms with Gasteiger partial charge in [0.15, 0.2) is 5.13 Å². The summed E-state index contributed by atoms with van der Waals surface area (Å²) in [6, 6.07) is -0.619. The van der Waals surface area contributed by atoms with Crippen LogP contribution in [0.4, 0.5) is 5.13 Å². The van der Waals surface area contributed by atoms with Gasteiger partial charge in [-0.15, -0.1) is 11.3 Å². The second-order valence-corrected chi connectivity index (χ2v) is 3.75. The number of hydrogen-bond donors (Lipinski definition) is 3. The third kappa shape index (κ3) is 2.97. The molecule has 0 saturated carbocycles. The summed E-state index contributed by atoms with van der Waals surface area (Å²) in [5.74, 6) is -0.888. The molecule has 0 amide bonds. The molecule has 0 saturated heterocycles. The quantitative estimate of drug-likeness (QED) is 0.666. The van der Waals surface area contributed by atoms with Gasteiger partial charge in [0.05, 0.1) is 5.69 Å². The second kappa shape index (κ2) is 4.92. The lowest BCUT2D eigenvalue weighted by Crippen LogP contribution is -2.25. The number of anilines is 1. The molecule has 0 aliphatic heterocycles. The van der Waals surface area contributed by atoms with Crippen LogP contribution in [0.5, 0.6) is 0 Å². The highest BCUT2D eigenvalue weighted by Crippen LogP contribution is 2.16. The lowest BCUT2D eigenvalue weighted by Gasteiger charge is -2.06. The fourth-order valence-electron chi connectivity index (χ4n) is 0.883. The summed E-state index contributed by atoms with van der Waals surface area (Å²) >= 11 is 1.39. The maximum atomic E-state index is 10.5. The second-order valence-electron chi connectivity index (χ2n) is 2.89. The van der Waals surface area contributed by atoms with Gasteiger partial charge >= 0.3 is 5.97 Å². The Kier molecular flexibility index (Phi) is 3.84. The Morgan fingerprint density at radius 2 is 2.57 bits per heavy atom. The van der Waals surface area contributed by atoms with Crippen molar-refractivity contribution >= 4 is 22.4 Å². The molecule has 14 heavy (non-hydrogen) atoms. The van der Waals surface area contributed by atoms with E-state index in [4.69, 9.17) is 10.8 Å². The molecule has 1 aromatic heterocycles. The van der Waals surface area contributed by atoms with Gasteiger partial charge in [0.1, 0.15) is 6.04 Å². The standard InChI is InChI=1S/C8H13N3O2S/c1-5(7(12)13)10-8-11-6(2-3-9)4-14-8/h4-5H,2-3,9H2,1H3,(H,10,11)(H,12,13). The van der Waals surface area contributed by atoms with E-state index in [0.717, 1.165) is 12.1 Å². The molecule has 1 aromatic rings. The van der Waals surface area contributed by atoms with Gasteiger partial charge in [0.25, 0.3) is 0 Å². The monoisotopic (exact) mass is 215 g/mol. The smallest absolute Gasteiger partial charge is 0.325 e. The summed E-state index contributed by atoms with van der Waals surface area (Å²) in [5, 5.41) is 13.9. The van der Waals surface area contributed by atoms with E-state index in [-0.39, 0.29) is 0 Å². The van der Waals surface area contributed by atoms with Crippen molar-refractivity contribution in [1.29, 1.82) is 0 Å². The topological polar surface area (TPSA) is 88.2 Å². The van der Waals surface area contributed by atoms with Gasteiger partial charge in [0.2, 0.25) is 0 Å². The Hall–Kier alpha value is -1.14. The van der Waals surface area contributed by atoms with Gasteiger partial charge in [-0.2, -0.15) is 0 Å². The molecule has 0 aliphatic rings. The van der Waals surface area contributed by atoms with Crippen LogP contribution in [0.3, 0.4) is 0 Å². The highest BCUT2D eigenvalue weighted by Gasteiger charge is 2.11. The Labute approximate surface area is 86.0 Å². The van der Waals surface area contributed by atoms with Crippen LogP contribution in [-0.4, -0.2) is 28.6 Å². The highest BCUT2D eigenvalue weighted by molar-refractivity contribution is 7.13. The molecule has 0 spiro atoms. The average Bonchev–Trinajstić information content (AvgIpc) is 2.53. The number of thiazole rings is 1. The Morgan fingerprint density at radius 1 is 1.86 bits per heavy atom. The number of aromatic nitrogens is 1. The third-order valence-corrected chi connectivity index (χ3v) is 2.48. The molecule has 4 N–H and O–H groups in total. The minimum atomic E-state index is -0.888. The first kappa shape index (κ1) is 10.9. The maximum absolute atomic E-state index is 10.5. The summed E-state index contributed by atoms with van der Waals surface area (Å²) in [5.41, 5.74) is 6.27. The lowest BCUT2D eigenvalue weighted by atomic mass is 10.3. The van der Waals surface area contributed by atoms with E-state index in [1.165, 1.54) is 11.3 Å². The molecule has 1 atom stereocenters. The number of carboxylic acid groups (broad SMARTS) is 1. The largest absolute Gasteiger partial charge is 0.480 e. The summed E-state index contributed by atoms with van der Waals surface area (Å²) in [4.78, 5) is 14.7. The van der Waals surface area contributed by atoms with Gasteiger partial charge in [-0.05, 0) is 13.5 Å². The molecule has 1 rings (SSSR count). The van der Waals surface area contributed by atoms with Crippen LogP contribution < -0.4 is 11.1 Å². The zero-order valence-electron chi connectivity index (χ0n) is 7.86. The number of nitrogens with one attached hydrogen (secondary N) is 1. The SMILES string of the molecule is CC(Nc1nc(CCN)cs1)C(=O)O. The molecular formula is C8H13N3O2S. The van der Waals surface area contributed by atoms with Crippen molar-refractivity contribution in [3.8, 4) is 0 Å².